The minimum atomic E-state index is -0.906. The minimum absolute atomic E-state index is 0.0437. The van der Waals surface area contributed by atoms with Gasteiger partial charge in [0.25, 0.3) is 5.91 Å². The Bertz CT molecular complexity index is 856. The van der Waals surface area contributed by atoms with E-state index in [1.807, 2.05) is 36.4 Å². The number of carbonyl (C=O) groups excluding carboxylic acids is 1. The Hall–Kier alpha value is -2.90. The molecule has 7 nitrogen and oxygen atoms in total. The van der Waals surface area contributed by atoms with Gasteiger partial charge in [-0.25, -0.2) is 0 Å². The van der Waals surface area contributed by atoms with Gasteiger partial charge in [0.15, 0.2) is 0 Å². The summed E-state index contributed by atoms with van der Waals surface area (Å²) in [6, 6.07) is 15.1. The molecule has 3 rings (SSSR count). The van der Waals surface area contributed by atoms with Crippen molar-refractivity contribution in [3.05, 3.63) is 65.2 Å². The van der Waals surface area contributed by atoms with Gasteiger partial charge in [-0.05, 0) is 36.7 Å². The molecule has 0 spiro atoms. The Balaban J connectivity index is 1.68. The maximum atomic E-state index is 13.0. The number of aliphatic carboxylic acids is 1. The van der Waals surface area contributed by atoms with E-state index in [-0.39, 0.29) is 29.9 Å². The smallest absolute Gasteiger partial charge is 0.317 e. The van der Waals surface area contributed by atoms with Crippen LogP contribution in [0.3, 0.4) is 0 Å². The first kappa shape index (κ1) is 20.8. The molecule has 0 aromatic heterocycles. The number of carboxylic acids is 1. The second-order valence-electron chi connectivity index (χ2n) is 7.35. The molecule has 1 heterocycles. The highest BCUT2D eigenvalue weighted by Crippen LogP contribution is 2.23. The number of likely N-dealkylation sites (N-methyl/N-ethyl adjacent to an activating group) is 1. The zero-order chi connectivity index (χ0) is 20.8. The molecular formula is C22H26N2O5. The number of carboxylic acid groups (broad SMARTS) is 1. The van der Waals surface area contributed by atoms with Crippen LogP contribution in [0.25, 0.3) is 0 Å². The Morgan fingerprint density at radius 2 is 1.93 bits per heavy atom. The number of hydrogen-bond donors (Lipinski definition) is 2. The van der Waals surface area contributed by atoms with E-state index in [9.17, 15) is 14.7 Å². The molecule has 2 aromatic carbocycles. The molecule has 1 unspecified atom stereocenters. The lowest BCUT2D eigenvalue weighted by atomic mass is 10.0. The van der Waals surface area contributed by atoms with Crippen LogP contribution in [0, 0.1) is 0 Å². The molecule has 0 saturated carbocycles. The number of nitrogens with zero attached hydrogens (tertiary/aromatic N) is 2. The van der Waals surface area contributed by atoms with Crippen LogP contribution in [-0.2, 0) is 16.0 Å². The van der Waals surface area contributed by atoms with Gasteiger partial charge in [0, 0.05) is 19.6 Å². The summed E-state index contributed by atoms with van der Waals surface area (Å²) in [7, 11) is 1.71. The second kappa shape index (κ2) is 9.54. The van der Waals surface area contributed by atoms with E-state index in [0.717, 1.165) is 11.1 Å². The normalized spacial score (nSPS) is 16.8. The minimum Gasteiger partial charge on any atom is -0.507 e. The average Bonchev–Trinajstić information content (AvgIpc) is 2.69. The lowest BCUT2D eigenvalue weighted by molar-refractivity contribution is -0.138. The number of ether oxygens (including phenoxy) is 1. The summed E-state index contributed by atoms with van der Waals surface area (Å²) in [4.78, 5) is 27.2. The fraction of sp³-hybridized carbons (Fsp3) is 0.364. The highest BCUT2D eigenvalue weighted by atomic mass is 16.5. The maximum absolute atomic E-state index is 13.0. The van der Waals surface area contributed by atoms with Crippen molar-refractivity contribution in [2.24, 2.45) is 0 Å². The van der Waals surface area contributed by atoms with Crippen molar-refractivity contribution in [2.75, 3.05) is 39.8 Å². The van der Waals surface area contributed by atoms with Crippen LogP contribution in [0.4, 0.5) is 0 Å². The van der Waals surface area contributed by atoms with E-state index in [0.29, 0.717) is 32.7 Å². The molecule has 1 atom stereocenters. The lowest BCUT2D eigenvalue weighted by Crippen LogP contribution is -2.49. The van der Waals surface area contributed by atoms with Gasteiger partial charge in [0.1, 0.15) is 5.75 Å². The van der Waals surface area contributed by atoms with Crippen LogP contribution in [0.5, 0.6) is 5.75 Å². The first-order valence-electron chi connectivity index (χ1n) is 9.59. The zero-order valence-electron chi connectivity index (χ0n) is 16.5. The highest BCUT2D eigenvalue weighted by Gasteiger charge is 2.27. The average molecular weight is 398 g/mol. The Morgan fingerprint density at radius 3 is 2.66 bits per heavy atom. The molecule has 1 saturated heterocycles. The van der Waals surface area contributed by atoms with E-state index in [4.69, 9.17) is 9.84 Å². The van der Waals surface area contributed by atoms with Gasteiger partial charge < -0.3 is 19.8 Å². The van der Waals surface area contributed by atoms with Crippen LogP contribution >= 0.6 is 0 Å². The van der Waals surface area contributed by atoms with Gasteiger partial charge in [-0.15, -0.1) is 0 Å². The van der Waals surface area contributed by atoms with Gasteiger partial charge in [0.2, 0.25) is 0 Å². The molecule has 7 heteroatoms. The molecule has 0 aliphatic carbocycles. The molecule has 1 aliphatic heterocycles. The Labute approximate surface area is 170 Å². The molecule has 0 radical (unpaired) electrons. The third-order valence-electron chi connectivity index (χ3n) is 4.89. The Kier molecular flexibility index (Phi) is 6.85. The zero-order valence-corrected chi connectivity index (χ0v) is 16.5. The van der Waals surface area contributed by atoms with Gasteiger partial charge in [-0.3, -0.25) is 14.5 Å². The van der Waals surface area contributed by atoms with Gasteiger partial charge in [0.05, 0.1) is 24.8 Å². The summed E-state index contributed by atoms with van der Waals surface area (Å²) in [5.41, 5.74) is 2.35. The summed E-state index contributed by atoms with van der Waals surface area (Å²) in [6.07, 6.45) is 0.402. The number of aromatic hydroxyl groups is 1. The fourth-order valence-corrected chi connectivity index (χ4v) is 3.52. The molecule has 2 aromatic rings. The highest BCUT2D eigenvalue weighted by molar-refractivity contribution is 5.97. The quantitative estimate of drug-likeness (QED) is 0.740. The Morgan fingerprint density at radius 1 is 1.17 bits per heavy atom. The predicted molar refractivity (Wildman–Crippen MR) is 108 cm³/mol. The number of amides is 1. The van der Waals surface area contributed by atoms with E-state index >= 15 is 0 Å². The molecule has 1 fully saturated rings. The van der Waals surface area contributed by atoms with E-state index in [1.54, 1.807) is 29.0 Å². The third kappa shape index (κ3) is 5.79. The fourth-order valence-electron chi connectivity index (χ4n) is 3.52. The van der Waals surface area contributed by atoms with Gasteiger partial charge >= 0.3 is 5.97 Å². The van der Waals surface area contributed by atoms with Crippen LogP contribution < -0.4 is 0 Å². The van der Waals surface area contributed by atoms with Crippen molar-refractivity contribution < 1.29 is 24.5 Å². The standard InChI is InChI=1S/C22H26N2O5/c1-23(15-21(26)27)13-18-14-24(9-10-29-18)22(28)19-12-17(7-8-20(19)25)11-16-5-3-2-4-6-16/h2-8,12,18,25H,9-11,13-15H2,1H3,(H,26,27). The summed E-state index contributed by atoms with van der Waals surface area (Å²) < 4.78 is 5.69. The number of rotatable bonds is 7. The molecular weight excluding hydrogens is 372 g/mol. The van der Waals surface area contributed by atoms with Crippen molar-refractivity contribution >= 4 is 11.9 Å². The van der Waals surface area contributed by atoms with Crippen molar-refractivity contribution in [1.29, 1.82) is 0 Å². The second-order valence-corrected chi connectivity index (χ2v) is 7.35. The van der Waals surface area contributed by atoms with Crippen LogP contribution in [-0.4, -0.2) is 77.8 Å². The molecule has 154 valence electrons. The first-order valence-corrected chi connectivity index (χ1v) is 9.59. The van der Waals surface area contributed by atoms with E-state index < -0.39 is 5.97 Å². The number of phenolic OH excluding ortho intramolecular Hbond substituents is 1. The van der Waals surface area contributed by atoms with Crippen LogP contribution in [0.1, 0.15) is 21.5 Å². The van der Waals surface area contributed by atoms with Gasteiger partial charge in [-0.2, -0.15) is 0 Å². The third-order valence-corrected chi connectivity index (χ3v) is 4.89. The monoisotopic (exact) mass is 398 g/mol. The molecule has 1 amide bonds. The number of morpholine rings is 1. The van der Waals surface area contributed by atoms with Crippen molar-refractivity contribution in [3.63, 3.8) is 0 Å². The molecule has 1 aliphatic rings. The van der Waals surface area contributed by atoms with Crippen molar-refractivity contribution in [1.82, 2.24) is 9.80 Å². The van der Waals surface area contributed by atoms with E-state index in [1.165, 1.54) is 0 Å². The van der Waals surface area contributed by atoms with Crippen LogP contribution in [0.2, 0.25) is 0 Å². The molecule has 29 heavy (non-hydrogen) atoms. The van der Waals surface area contributed by atoms with E-state index in [2.05, 4.69) is 0 Å². The van der Waals surface area contributed by atoms with Crippen molar-refractivity contribution in [2.45, 2.75) is 12.5 Å². The van der Waals surface area contributed by atoms with Crippen LogP contribution in [0.15, 0.2) is 48.5 Å². The number of carbonyl (C=O) groups is 2. The molecule has 0 bridgehead atoms. The number of hydrogen-bond acceptors (Lipinski definition) is 5. The number of phenols is 1. The summed E-state index contributed by atoms with van der Waals surface area (Å²) in [5, 5.41) is 19.2. The van der Waals surface area contributed by atoms with Gasteiger partial charge in [-0.1, -0.05) is 36.4 Å². The topological polar surface area (TPSA) is 90.3 Å². The SMILES string of the molecule is CN(CC(=O)O)CC1CN(C(=O)c2cc(Cc3ccccc3)ccc2O)CCO1. The summed E-state index contributed by atoms with van der Waals surface area (Å²) >= 11 is 0. The largest absolute Gasteiger partial charge is 0.507 e. The molecule has 2 N–H and O–H groups in total. The maximum Gasteiger partial charge on any atom is 0.317 e. The van der Waals surface area contributed by atoms with Crippen molar-refractivity contribution in [3.8, 4) is 5.75 Å². The lowest BCUT2D eigenvalue weighted by Gasteiger charge is -2.34. The summed E-state index contributed by atoms with van der Waals surface area (Å²) in [5.74, 6) is -1.19. The predicted octanol–water partition coefficient (Wildman–Crippen LogP) is 1.84. The summed E-state index contributed by atoms with van der Waals surface area (Å²) in [6.45, 7) is 1.49. The number of benzene rings is 2. The first-order chi connectivity index (χ1) is 13.9.